The van der Waals surface area contributed by atoms with Crippen molar-refractivity contribution in [2.75, 3.05) is 5.75 Å². The fraction of sp³-hybridized carbons (Fsp3) is 0.571. The first-order valence-electron chi connectivity index (χ1n) is 6.22. The average molecular weight is 237 g/mol. The van der Waals surface area contributed by atoms with Crippen molar-refractivity contribution in [2.45, 2.75) is 50.5 Å². The number of hydrogen-bond donors (Lipinski definition) is 1. The first kappa shape index (κ1) is 13.6. The van der Waals surface area contributed by atoms with Crippen LogP contribution in [0.3, 0.4) is 0 Å². The minimum atomic E-state index is 0.139. The minimum Gasteiger partial charge on any atom is -0.324 e. The van der Waals surface area contributed by atoms with E-state index in [9.17, 15) is 0 Å². The molecule has 0 saturated carbocycles. The number of thioether (sulfide) groups is 1. The van der Waals surface area contributed by atoms with Crippen LogP contribution in [0.15, 0.2) is 29.2 Å². The molecule has 1 aromatic rings. The Morgan fingerprint density at radius 1 is 1.25 bits per heavy atom. The lowest BCUT2D eigenvalue weighted by Crippen LogP contribution is -2.04. The fourth-order valence-corrected chi connectivity index (χ4v) is 2.58. The zero-order valence-corrected chi connectivity index (χ0v) is 11.2. The van der Waals surface area contributed by atoms with Crippen molar-refractivity contribution in [1.82, 2.24) is 0 Å². The highest BCUT2D eigenvalue weighted by molar-refractivity contribution is 7.99. The third-order valence-corrected chi connectivity index (χ3v) is 3.73. The Morgan fingerprint density at radius 2 is 2.06 bits per heavy atom. The number of rotatable bonds is 7. The van der Waals surface area contributed by atoms with Crippen LogP contribution in [0.2, 0.25) is 0 Å². The molecule has 2 N–H and O–H groups in total. The van der Waals surface area contributed by atoms with Crippen molar-refractivity contribution in [2.24, 2.45) is 5.73 Å². The highest BCUT2D eigenvalue weighted by Gasteiger charge is 2.00. The zero-order valence-electron chi connectivity index (χ0n) is 10.4. The summed E-state index contributed by atoms with van der Waals surface area (Å²) in [4.78, 5) is 1.35. The van der Waals surface area contributed by atoms with Crippen molar-refractivity contribution in [1.29, 1.82) is 0 Å². The van der Waals surface area contributed by atoms with Gasteiger partial charge in [0.15, 0.2) is 0 Å². The smallest absolute Gasteiger partial charge is 0.0266 e. The molecular weight excluding hydrogens is 214 g/mol. The molecule has 0 heterocycles. The van der Waals surface area contributed by atoms with E-state index in [-0.39, 0.29) is 6.04 Å². The second-order valence-electron chi connectivity index (χ2n) is 4.27. The van der Waals surface area contributed by atoms with Crippen LogP contribution in [0.5, 0.6) is 0 Å². The molecule has 1 atom stereocenters. The minimum absolute atomic E-state index is 0.139. The van der Waals surface area contributed by atoms with Gasteiger partial charge in [0.1, 0.15) is 0 Å². The van der Waals surface area contributed by atoms with Gasteiger partial charge in [0.25, 0.3) is 0 Å². The van der Waals surface area contributed by atoms with Gasteiger partial charge in [0, 0.05) is 10.9 Å². The molecule has 0 aliphatic heterocycles. The molecule has 0 saturated heterocycles. The van der Waals surface area contributed by atoms with Gasteiger partial charge >= 0.3 is 0 Å². The molecule has 1 nitrogen and oxygen atoms in total. The van der Waals surface area contributed by atoms with Crippen LogP contribution in [-0.2, 0) is 0 Å². The zero-order chi connectivity index (χ0) is 11.8. The molecule has 0 spiro atoms. The summed E-state index contributed by atoms with van der Waals surface area (Å²) in [5, 5.41) is 0. The number of nitrogens with two attached hydrogens (primary N) is 1. The highest BCUT2D eigenvalue weighted by Crippen LogP contribution is 2.22. The number of hydrogen-bond acceptors (Lipinski definition) is 2. The SMILES string of the molecule is CCCCCCSc1cccc(C(C)N)c1. The summed E-state index contributed by atoms with van der Waals surface area (Å²) >= 11 is 1.95. The lowest BCUT2D eigenvalue weighted by Gasteiger charge is -2.07. The maximum Gasteiger partial charge on any atom is 0.0266 e. The third-order valence-electron chi connectivity index (χ3n) is 2.65. The summed E-state index contributed by atoms with van der Waals surface area (Å²) in [5.41, 5.74) is 7.10. The van der Waals surface area contributed by atoms with Crippen molar-refractivity contribution >= 4 is 11.8 Å². The summed E-state index contributed by atoms with van der Waals surface area (Å²) in [6, 6.07) is 8.74. The Bertz CT molecular complexity index is 297. The standard InChI is InChI=1S/C14H23NS/c1-3-4-5-6-10-16-14-9-7-8-13(11-14)12(2)15/h7-9,11-12H,3-6,10,15H2,1-2H3. The molecule has 2 heteroatoms. The lowest BCUT2D eigenvalue weighted by molar-refractivity contribution is 0.706. The molecule has 0 aliphatic rings. The van der Waals surface area contributed by atoms with E-state index in [1.54, 1.807) is 0 Å². The van der Waals surface area contributed by atoms with Gasteiger partial charge in [0.2, 0.25) is 0 Å². The van der Waals surface area contributed by atoms with E-state index in [0.717, 1.165) is 0 Å². The summed E-state index contributed by atoms with van der Waals surface area (Å²) in [7, 11) is 0. The molecule has 0 aliphatic carbocycles. The van der Waals surface area contributed by atoms with Crippen molar-refractivity contribution < 1.29 is 0 Å². The predicted octanol–water partition coefficient (Wildman–Crippen LogP) is 4.38. The lowest BCUT2D eigenvalue weighted by atomic mass is 10.1. The van der Waals surface area contributed by atoms with Crippen LogP contribution >= 0.6 is 11.8 Å². The quantitative estimate of drug-likeness (QED) is 0.562. The van der Waals surface area contributed by atoms with Crippen LogP contribution in [0.1, 0.15) is 51.1 Å². The molecule has 1 unspecified atom stereocenters. The average Bonchev–Trinajstić information content (AvgIpc) is 2.29. The Morgan fingerprint density at radius 3 is 2.75 bits per heavy atom. The summed E-state index contributed by atoms with van der Waals surface area (Å²) in [6.07, 6.45) is 5.35. The molecule has 0 aromatic heterocycles. The first-order chi connectivity index (χ1) is 7.74. The maximum absolute atomic E-state index is 5.87. The van der Waals surface area contributed by atoms with Crippen molar-refractivity contribution in [3.05, 3.63) is 29.8 Å². The largest absolute Gasteiger partial charge is 0.324 e. The molecule has 16 heavy (non-hydrogen) atoms. The van der Waals surface area contributed by atoms with Gasteiger partial charge in [-0.3, -0.25) is 0 Å². The van der Waals surface area contributed by atoms with E-state index in [1.165, 1.54) is 41.9 Å². The topological polar surface area (TPSA) is 26.0 Å². The normalized spacial score (nSPS) is 12.7. The van der Waals surface area contributed by atoms with Crippen LogP contribution in [0.4, 0.5) is 0 Å². The van der Waals surface area contributed by atoms with Gasteiger partial charge in [-0.25, -0.2) is 0 Å². The Labute approximate surface area is 104 Å². The summed E-state index contributed by atoms with van der Waals surface area (Å²) in [5.74, 6) is 1.22. The molecule has 1 rings (SSSR count). The second-order valence-corrected chi connectivity index (χ2v) is 5.44. The van der Waals surface area contributed by atoms with E-state index in [1.807, 2.05) is 18.7 Å². The molecule has 0 radical (unpaired) electrons. The van der Waals surface area contributed by atoms with E-state index >= 15 is 0 Å². The van der Waals surface area contributed by atoms with Crippen molar-refractivity contribution in [3.63, 3.8) is 0 Å². The van der Waals surface area contributed by atoms with Gasteiger partial charge in [-0.05, 0) is 36.8 Å². The highest BCUT2D eigenvalue weighted by atomic mass is 32.2. The van der Waals surface area contributed by atoms with E-state index in [2.05, 4.69) is 31.2 Å². The molecule has 0 bridgehead atoms. The predicted molar refractivity (Wildman–Crippen MR) is 73.9 cm³/mol. The van der Waals surface area contributed by atoms with E-state index in [4.69, 9.17) is 5.73 Å². The van der Waals surface area contributed by atoms with Gasteiger partial charge < -0.3 is 5.73 Å². The summed E-state index contributed by atoms with van der Waals surface area (Å²) in [6.45, 7) is 4.28. The Kier molecular flexibility index (Phi) is 6.58. The Hall–Kier alpha value is -0.470. The fourth-order valence-electron chi connectivity index (χ4n) is 1.61. The number of unbranched alkanes of at least 4 members (excludes halogenated alkanes) is 3. The van der Waals surface area contributed by atoms with Crippen LogP contribution < -0.4 is 5.73 Å². The molecular formula is C14H23NS. The second kappa shape index (κ2) is 7.75. The maximum atomic E-state index is 5.87. The molecule has 90 valence electrons. The van der Waals surface area contributed by atoms with Gasteiger partial charge in [-0.15, -0.1) is 11.8 Å². The molecule has 0 amide bonds. The van der Waals surface area contributed by atoms with Crippen LogP contribution in [-0.4, -0.2) is 5.75 Å². The number of benzene rings is 1. The third kappa shape index (κ3) is 5.04. The summed E-state index contributed by atoms with van der Waals surface area (Å²) < 4.78 is 0. The van der Waals surface area contributed by atoms with E-state index in [0.29, 0.717) is 0 Å². The van der Waals surface area contributed by atoms with Gasteiger partial charge in [-0.1, -0.05) is 38.3 Å². The van der Waals surface area contributed by atoms with Crippen molar-refractivity contribution in [3.8, 4) is 0 Å². The van der Waals surface area contributed by atoms with Gasteiger partial charge in [0.05, 0.1) is 0 Å². The monoisotopic (exact) mass is 237 g/mol. The van der Waals surface area contributed by atoms with Gasteiger partial charge in [-0.2, -0.15) is 0 Å². The van der Waals surface area contributed by atoms with Crippen LogP contribution in [0, 0.1) is 0 Å². The Balaban J connectivity index is 2.33. The molecule has 0 fully saturated rings. The van der Waals surface area contributed by atoms with E-state index < -0.39 is 0 Å². The molecule has 1 aromatic carbocycles. The van der Waals surface area contributed by atoms with Crippen LogP contribution in [0.25, 0.3) is 0 Å². The first-order valence-corrected chi connectivity index (χ1v) is 7.21.